The van der Waals surface area contributed by atoms with Gasteiger partial charge in [0.15, 0.2) is 0 Å². The Morgan fingerprint density at radius 3 is 2.17 bits per heavy atom. The molecule has 2 aromatic heterocycles. The number of hydrogen-bond donors (Lipinski definition) is 0. The molecule has 4 nitrogen and oxygen atoms in total. The van der Waals surface area contributed by atoms with E-state index in [2.05, 4.69) is 82.0 Å². The second-order valence-corrected chi connectivity index (χ2v) is 8.98. The standard InChI is InChI=1S/C32H18N4/c33-19-21-17-31(35-27-13-5-1-9-23(27)24-10-2-6-14-28(24)35)32(18-22(21)20-34)36-29-15-7-3-11-25(29)26-12-4-8-16-30(26)36/h1-5,7,9-13,15,17-18H,6,14H2. The van der Waals surface area contributed by atoms with Gasteiger partial charge in [-0.25, -0.2) is 0 Å². The molecule has 4 aromatic carbocycles. The number of nitriles is 2. The van der Waals surface area contributed by atoms with Crippen LogP contribution in [0.15, 0.2) is 78.9 Å². The van der Waals surface area contributed by atoms with Crippen LogP contribution >= 0.6 is 0 Å². The fourth-order valence-electron chi connectivity index (χ4n) is 5.61. The summed E-state index contributed by atoms with van der Waals surface area (Å²) in [6, 6.07) is 35.2. The second-order valence-electron chi connectivity index (χ2n) is 8.98. The van der Waals surface area contributed by atoms with Gasteiger partial charge < -0.3 is 4.57 Å². The van der Waals surface area contributed by atoms with E-state index in [1.54, 1.807) is 0 Å². The molecule has 4 heteroatoms. The number of fused-ring (bicyclic) bond motifs is 6. The lowest BCUT2D eigenvalue weighted by atomic mass is 10.0. The first-order chi connectivity index (χ1) is 17.8. The number of aromatic nitrogens is 2. The lowest BCUT2D eigenvalue weighted by molar-refractivity contribution is 0.883. The topological polar surface area (TPSA) is 57.4 Å². The van der Waals surface area contributed by atoms with E-state index in [1.165, 1.54) is 16.6 Å². The molecule has 0 bridgehead atoms. The van der Waals surface area contributed by atoms with Crippen LogP contribution in [0.1, 0.15) is 28.8 Å². The third-order valence-electron chi connectivity index (χ3n) is 7.12. The number of allylic oxidation sites excluding steroid dienone is 1. The van der Waals surface area contributed by atoms with Crippen LogP contribution < -0.4 is 0 Å². The molecule has 0 amide bonds. The average molecular weight is 459 g/mol. The number of benzene rings is 3. The summed E-state index contributed by atoms with van der Waals surface area (Å²) in [5.41, 5.74) is 7.85. The van der Waals surface area contributed by atoms with Crippen molar-refractivity contribution in [2.24, 2.45) is 0 Å². The third-order valence-corrected chi connectivity index (χ3v) is 7.12. The molecule has 0 aliphatic heterocycles. The van der Waals surface area contributed by atoms with Gasteiger partial charge in [0.2, 0.25) is 0 Å². The molecular formula is C32H18N4. The molecule has 0 spiro atoms. The van der Waals surface area contributed by atoms with Crippen LogP contribution in [-0.4, -0.2) is 9.13 Å². The SMILES string of the molecule is N#Cc1cc(-n2c3c(c4ccccc42)C=CCC3)c(-n2c3c#cccc3c3ccccc32)cc1C#N. The molecule has 0 saturated carbocycles. The summed E-state index contributed by atoms with van der Waals surface area (Å²) in [5, 5.41) is 23.2. The zero-order valence-electron chi connectivity index (χ0n) is 19.3. The first kappa shape index (κ1) is 20.2. The van der Waals surface area contributed by atoms with Crippen molar-refractivity contribution in [2.45, 2.75) is 12.8 Å². The smallest absolute Gasteiger partial charge is 0.105 e. The van der Waals surface area contributed by atoms with Gasteiger partial charge in [0, 0.05) is 27.4 Å². The van der Waals surface area contributed by atoms with Gasteiger partial charge in [-0.3, -0.25) is 4.57 Å². The molecule has 0 saturated heterocycles. The van der Waals surface area contributed by atoms with E-state index in [-0.39, 0.29) is 0 Å². The van der Waals surface area contributed by atoms with Crippen LogP contribution in [0.4, 0.5) is 0 Å². The molecule has 0 fully saturated rings. The Hall–Kier alpha value is -5.24. The van der Waals surface area contributed by atoms with E-state index < -0.39 is 0 Å². The highest BCUT2D eigenvalue weighted by molar-refractivity contribution is 6.09. The van der Waals surface area contributed by atoms with Crippen molar-refractivity contribution in [2.75, 3.05) is 0 Å². The van der Waals surface area contributed by atoms with Crippen molar-refractivity contribution in [3.05, 3.63) is 113 Å². The summed E-state index contributed by atoms with van der Waals surface area (Å²) < 4.78 is 4.43. The molecule has 6 aromatic rings. The lowest BCUT2D eigenvalue weighted by Gasteiger charge is -2.19. The number of rotatable bonds is 2. The highest BCUT2D eigenvalue weighted by atomic mass is 15.1. The van der Waals surface area contributed by atoms with Crippen LogP contribution in [-0.2, 0) is 6.42 Å². The van der Waals surface area contributed by atoms with Crippen LogP contribution in [0.2, 0.25) is 0 Å². The fraction of sp³-hybridized carbons (Fsp3) is 0.0625. The molecule has 0 radical (unpaired) electrons. The number of hydrogen-bond acceptors (Lipinski definition) is 2. The Labute approximate surface area is 208 Å². The molecular weight excluding hydrogens is 440 g/mol. The Kier molecular flexibility index (Phi) is 4.28. The van der Waals surface area contributed by atoms with E-state index >= 15 is 0 Å². The van der Waals surface area contributed by atoms with E-state index in [1.807, 2.05) is 36.4 Å². The van der Waals surface area contributed by atoms with Crippen LogP contribution in [0.5, 0.6) is 0 Å². The molecule has 36 heavy (non-hydrogen) atoms. The van der Waals surface area contributed by atoms with Gasteiger partial charge in [0.25, 0.3) is 0 Å². The molecule has 1 aliphatic rings. The zero-order valence-corrected chi connectivity index (χ0v) is 19.3. The number of nitrogens with zero attached hydrogens (tertiary/aromatic N) is 4. The van der Waals surface area contributed by atoms with E-state index in [0.717, 1.165) is 51.5 Å². The van der Waals surface area contributed by atoms with Crippen molar-refractivity contribution in [1.82, 2.24) is 9.13 Å². The minimum absolute atomic E-state index is 0.354. The molecule has 7 rings (SSSR count). The molecule has 0 atom stereocenters. The van der Waals surface area contributed by atoms with Crippen LogP contribution in [0, 0.1) is 34.8 Å². The van der Waals surface area contributed by atoms with Gasteiger partial charge in [-0.1, -0.05) is 54.6 Å². The summed E-state index contributed by atoms with van der Waals surface area (Å²) in [6.07, 6.45) is 6.28. The average Bonchev–Trinajstić information content (AvgIpc) is 3.45. The third kappa shape index (κ3) is 2.69. The minimum Gasteiger partial charge on any atom is -0.311 e. The van der Waals surface area contributed by atoms with Gasteiger partial charge >= 0.3 is 0 Å². The van der Waals surface area contributed by atoms with E-state index in [0.29, 0.717) is 11.1 Å². The van der Waals surface area contributed by atoms with Gasteiger partial charge in [0.05, 0.1) is 33.5 Å². The summed E-state index contributed by atoms with van der Waals surface area (Å²) in [7, 11) is 0. The van der Waals surface area contributed by atoms with Crippen molar-refractivity contribution >= 4 is 38.8 Å². The Morgan fingerprint density at radius 1 is 0.750 bits per heavy atom. The maximum Gasteiger partial charge on any atom is 0.105 e. The van der Waals surface area contributed by atoms with Gasteiger partial charge in [-0.15, -0.1) is 0 Å². The second kappa shape index (κ2) is 7.64. The predicted molar refractivity (Wildman–Crippen MR) is 142 cm³/mol. The first-order valence-corrected chi connectivity index (χ1v) is 11.9. The molecule has 0 unspecified atom stereocenters. The highest BCUT2D eigenvalue weighted by Crippen LogP contribution is 2.39. The van der Waals surface area contributed by atoms with Gasteiger partial charge in [0.1, 0.15) is 17.7 Å². The van der Waals surface area contributed by atoms with Crippen molar-refractivity contribution in [3.8, 4) is 23.5 Å². The predicted octanol–water partition coefficient (Wildman–Crippen LogP) is 7.03. The Bertz CT molecular complexity index is 1910. The van der Waals surface area contributed by atoms with Gasteiger partial charge in [-0.05, 0) is 55.3 Å². The maximum atomic E-state index is 9.95. The largest absolute Gasteiger partial charge is 0.311 e. The first-order valence-electron chi connectivity index (χ1n) is 11.9. The van der Waals surface area contributed by atoms with E-state index in [9.17, 15) is 10.5 Å². The summed E-state index contributed by atoms with van der Waals surface area (Å²) in [6.45, 7) is 0. The molecule has 1 aliphatic carbocycles. The fourth-order valence-corrected chi connectivity index (χ4v) is 5.61. The minimum atomic E-state index is 0.354. The monoisotopic (exact) mass is 458 g/mol. The van der Waals surface area contributed by atoms with E-state index in [4.69, 9.17) is 0 Å². The van der Waals surface area contributed by atoms with Gasteiger partial charge in [-0.2, -0.15) is 10.5 Å². The highest BCUT2D eigenvalue weighted by Gasteiger charge is 2.23. The summed E-state index contributed by atoms with van der Waals surface area (Å²) in [4.78, 5) is 0. The summed E-state index contributed by atoms with van der Waals surface area (Å²) >= 11 is 0. The maximum absolute atomic E-state index is 9.95. The van der Waals surface area contributed by atoms with Crippen molar-refractivity contribution in [1.29, 1.82) is 10.5 Å². The molecule has 2 heterocycles. The van der Waals surface area contributed by atoms with Crippen LogP contribution in [0.3, 0.4) is 0 Å². The Morgan fingerprint density at radius 2 is 1.42 bits per heavy atom. The molecule has 166 valence electrons. The summed E-state index contributed by atoms with van der Waals surface area (Å²) in [5.74, 6) is 0. The van der Waals surface area contributed by atoms with Crippen LogP contribution in [0.25, 0.3) is 50.2 Å². The normalized spacial score (nSPS) is 12.4. The quantitative estimate of drug-likeness (QED) is 0.280. The zero-order chi connectivity index (χ0) is 24.2. The lowest BCUT2D eigenvalue weighted by Crippen LogP contribution is -2.09. The molecule has 0 N–H and O–H groups in total. The number of para-hydroxylation sites is 2. The van der Waals surface area contributed by atoms with Crippen molar-refractivity contribution in [3.63, 3.8) is 0 Å². The van der Waals surface area contributed by atoms with Crippen molar-refractivity contribution < 1.29 is 0 Å². The Balaban J connectivity index is 1.69.